The number of nitrogens with zero attached hydrogens (tertiary/aromatic N) is 6. The third kappa shape index (κ3) is 12.7. The molecule has 0 heterocycles. The molecular formula is C42H70N6O6. The number of carbonyl (C=O) groups excluding carboxylic acids is 6. The second-order valence-electron chi connectivity index (χ2n) is 15.9. The molecule has 6 amide bonds. The first-order valence-electron chi connectivity index (χ1n) is 19.3. The van der Waals surface area contributed by atoms with Crippen molar-refractivity contribution < 1.29 is 28.8 Å². The van der Waals surface area contributed by atoms with Crippen LogP contribution in [0.25, 0.3) is 0 Å². The summed E-state index contributed by atoms with van der Waals surface area (Å²) in [6.07, 6.45) is 5.94. The lowest BCUT2D eigenvalue weighted by Crippen LogP contribution is -2.61. The lowest BCUT2D eigenvalue weighted by molar-refractivity contribution is -0.157. The van der Waals surface area contributed by atoms with E-state index >= 15 is 0 Å². The third-order valence-electron chi connectivity index (χ3n) is 10.4. The van der Waals surface area contributed by atoms with Crippen LogP contribution < -0.4 is 0 Å². The summed E-state index contributed by atoms with van der Waals surface area (Å²) in [6, 6.07) is 5.03. The van der Waals surface area contributed by atoms with Crippen molar-refractivity contribution in [3.63, 3.8) is 0 Å². The van der Waals surface area contributed by atoms with Gasteiger partial charge in [0.15, 0.2) is 0 Å². The Hall–Kier alpha value is -4.22. The van der Waals surface area contributed by atoms with E-state index in [0.29, 0.717) is 19.3 Å². The molecule has 1 rings (SSSR count). The van der Waals surface area contributed by atoms with Crippen LogP contribution in [-0.4, -0.2) is 144 Å². The van der Waals surface area contributed by atoms with E-state index in [1.807, 2.05) is 78.0 Å². The summed E-state index contributed by atoms with van der Waals surface area (Å²) in [5.41, 5.74) is 0.894. The van der Waals surface area contributed by atoms with Crippen LogP contribution in [0.5, 0.6) is 0 Å². The van der Waals surface area contributed by atoms with Gasteiger partial charge in [0.05, 0.1) is 0 Å². The molecule has 1 aromatic carbocycles. The molecule has 0 aliphatic rings. The first kappa shape index (κ1) is 47.8. The first-order valence-corrected chi connectivity index (χ1v) is 19.3. The summed E-state index contributed by atoms with van der Waals surface area (Å²) in [5.74, 6) is -2.88. The molecule has 0 radical (unpaired) electrons. The van der Waals surface area contributed by atoms with Crippen molar-refractivity contribution in [2.75, 3.05) is 49.3 Å². The largest absolute Gasteiger partial charge is 0.347 e. The highest BCUT2D eigenvalue weighted by molar-refractivity contribution is 5.96. The maximum atomic E-state index is 14.4. The van der Waals surface area contributed by atoms with Gasteiger partial charge in [-0.2, -0.15) is 0 Å². The normalized spacial score (nSPS) is 14.1. The van der Waals surface area contributed by atoms with Crippen molar-refractivity contribution in [2.45, 2.75) is 117 Å². The predicted octanol–water partition coefficient (Wildman–Crippen LogP) is 4.58. The Bertz CT molecular complexity index is 1410. The highest BCUT2D eigenvalue weighted by Gasteiger charge is 2.43. The van der Waals surface area contributed by atoms with E-state index in [9.17, 15) is 28.8 Å². The summed E-state index contributed by atoms with van der Waals surface area (Å²) in [4.78, 5) is 91.7. The second-order valence-corrected chi connectivity index (χ2v) is 15.9. The molecule has 304 valence electrons. The van der Waals surface area contributed by atoms with Crippen molar-refractivity contribution in [1.82, 2.24) is 29.4 Å². The molecule has 12 nitrogen and oxygen atoms in total. The minimum atomic E-state index is -0.956. The van der Waals surface area contributed by atoms with E-state index in [4.69, 9.17) is 0 Å². The van der Waals surface area contributed by atoms with Gasteiger partial charge in [-0.1, -0.05) is 84.4 Å². The molecule has 0 aromatic heterocycles. The van der Waals surface area contributed by atoms with Gasteiger partial charge in [-0.15, -0.1) is 6.58 Å². The van der Waals surface area contributed by atoms with Gasteiger partial charge in [-0.3, -0.25) is 28.8 Å². The zero-order valence-corrected chi connectivity index (χ0v) is 35.7. The van der Waals surface area contributed by atoms with Gasteiger partial charge < -0.3 is 29.4 Å². The maximum absolute atomic E-state index is 14.4. The molecule has 5 atom stereocenters. The summed E-state index contributed by atoms with van der Waals surface area (Å²) >= 11 is 0. The summed E-state index contributed by atoms with van der Waals surface area (Å²) in [5, 5.41) is 0. The number of amides is 6. The Morgan fingerprint density at radius 2 is 1.00 bits per heavy atom. The SMILES string of the molecule is C=CCCCCCC(=O)N(C)[C@H](C(=O)N(C)[C@H](C(=O)N(C)[C@H](C(=O)N(C)[C@@H](C)C(=O)N(C)[C@@H](Cc1ccccc1)C(=O)N(C)C)C(C)C)C(C)C)C(C)C. The van der Waals surface area contributed by atoms with Crippen LogP contribution in [0.4, 0.5) is 0 Å². The van der Waals surface area contributed by atoms with Gasteiger partial charge in [0.25, 0.3) is 0 Å². The fourth-order valence-corrected chi connectivity index (χ4v) is 7.00. The van der Waals surface area contributed by atoms with E-state index in [1.54, 1.807) is 49.2 Å². The van der Waals surface area contributed by atoms with Crippen LogP contribution in [0, 0.1) is 17.8 Å². The molecule has 0 bridgehead atoms. The Kier molecular flexibility index (Phi) is 19.7. The first-order chi connectivity index (χ1) is 25.1. The monoisotopic (exact) mass is 755 g/mol. The van der Waals surface area contributed by atoms with E-state index < -0.39 is 47.9 Å². The Morgan fingerprint density at radius 1 is 0.556 bits per heavy atom. The molecular weight excluding hydrogens is 684 g/mol. The number of benzene rings is 1. The highest BCUT2D eigenvalue weighted by atomic mass is 16.2. The van der Waals surface area contributed by atoms with Gasteiger partial charge in [0.2, 0.25) is 35.4 Å². The number of hydrogen-bond acceptors (Lipinski definition) is 6. The van der Waals surface area contributed by atoms with Crippen molar-refractivity contribution in [1.29, 1.82) is 0 Å². The van der Waals surface area contributed by atoms with Crippen LogP contribution >= 0.6 is 0 Å². The molecule has 0 unspecified atom stereocenters. The molecule has 54 heavy (non-hydrogen) atoms. The average molecular weight is 755 g/mol. The molecule has 0 aliphatic heterocycles. The second kappa shape index (κ2) is 22.2. The topological polar surface area (TPSA) is 122 Å². The van der Waals surface area contributed by atoms with Crippen LogP contribution in [0.3, 0.4) is 0 Å². The lowest BCUT2D eigenvalue weighted by atomic mass is 9.94. The molecule has 0 fully saturated rings. The van der Waals surface area contributed by atoms with Crippen molar-refractivity contribution >= 4 is 35.4 Å². The minimum Gasteiger partial charge on any atom is -0.347 e. The fraction of sp³-hybridized carbons (Fsp3) is 0.667. The molecule has 0 saturated heterocycles. The molecule has 0 saturated carbocycles. The van der Waals surface area contributed by atoms with Crippen LogP contribution in [0.1, 0.15) is 86.1 Å². The Balaban J connectivity index is 3.31. The molecule has 12 heteroatoms. The smallest absolute Gasteiger partial charge is 0.246 e. The number of carbonyl (C=O) groups is 6. The van der Waals surface area contributed by atoms with E-state index in [-0.39, 0.29) is 35.5 Å². The van der Waals surface area contributed by atoms with E-state index in [1.165, 1.54) is 36.4 Å². The van der Waals surface area contributed by atoms with Crippen LogP contribution in [0.15, 0.2) is 43.0 Å². The molecule has 0 spiro atoms. The van der Waals surface area contributed by atoms with Crippen LogP contribution in [-0.2, 0) is 35.2 Å². The van der Waals surface area contributed by atoms with Crippen molar-refractivity contribution in [3.8, 4) is 0 Å². The lowest BCUT2D eigenvalue weighted by Gasteiger charge is -2.41. The summed E-state index contributed by atoms with van der Waals surface area (Å²) in [7, 11) is 11.2. The number of likely N-dealkylation sites (N-methyl/N-ethyl adjacent to an activating group) is 6. The Morgan fingerprint density at radius 3 is 1.43 bits per heavy atom. The van der Waals surface area contributed by atoms with Crippen molar-refractivity contribution in [2.24, 2.45) is 17.8 Å². The fourth-order valence-electron chi connectivity index (χ4n) is 7.00. The predicted molar refractivity (Wildman–Crippen MR) is 215 cm³/mol. The average Bonchev–Trinajstić information content (AvgIpc) is 3.11. The standard InChI is InChI=1S/C42H70N6O6/c1-16-17-18-19-23-26-34(49)46(13)35(28(2)3)41(53)48(15)37(30(6)7)42(54)47(14)36(29(4)5)40(52)44(11)31(8)38(50)45(12)33(39(51)43(9)10)27-32-24-21-20-22-25-32/h16,20-22,24-25,28-31,33,35-37H,1,17-19,23,26-27H2,2-15H3/t31-,33-,35-,36-,37-/m0/s1. The highest BCUT2D eigenvalue weighted by Crippen LogP contribution is 2.23. The minimum absolute atomic E-state index is 0.126. The quantitative estimate of drug-likeness (QED) is 0.134. The number of allylic oxidation sites excluding steroid dienone is 1. The van der Waals surface area contributed by atoms with Gasteiger partial charge in [0.1, 0.15) is 30.2 Å². The summed E-state index contributed by atoms with van der Waals surface area (Å²) < 4.78 is 0. The van der Waals surface area contributed by atoms with Gasteiger partial charge in [0, 0.05) is 62.2 Å². The van der Waals surface area contributed by atoms with E-state index in [0.717, 1.165) is 24.8 Å². The van der Waals surface area contributed by atoms with Gasteiger partial charge in [-0.05, 0) is 49.5 Å². The van der Waals surface area contributed by atoms with Crippen LogP contribution in [0.2, 0.25) is 0 Å². The Labute approximate surface area is 325 Å². The maximum Gasteiger partial charge on any atom is 0.246 e. The third-order valence-corrected chi connectivity index (χ3v) is 10.4. The van der Waals surface area contributed by atoms with Crippen molar-refractivity contribution in [3.05, 3.63) is 48.6 Å². The van der Waals surface area contributed by atoms with Gasteiger partial charge in [-0.25, -0.2) is 0 Å². The molecule has 0 aliphatic carbocycles. The summed E-state index contributed by atoms with van der Waals surface area (Å²) in [6.45, 7) is 16.5. The van der Waals surface area contributed by atoms with Gasteiger partial charge >= 0.3 is 0 Å². The molecule has 0 N–H and O–H groups in total. The van der Waals surface area contributed by atoms with E-state index in [2.05, 4.69) is 6.58 Å². The molecule has 1 aromatic rings. The zero-order chi connectivity index (χ0) is 41.6. The number of rotatable bonds is 21. The zero-order valence-electron chi connectivity index (χ0n) is 35.7. The number of hydrogen-bond donors (Lipinski definition) is 0. The number of unbranched alkanes of at least 4 members (excludes halogenated alkanes) is 3.